The lowest BCUT2D eigenvalue weighted by Crippen LogP contribution is -2.31. The highest BCUT2D eigenvalue weighted by molar-refractivity contribution is 7.88. The molecule has 1 atom stereocenters. The highest BCUT2D eigenvalue weighted by Crippen LogP contribution is 2.33. The van der Waals surface area contributed by atoms with Gasteiger partial charge < -0.3 is 15.4 Å². The number of nitrogens with zero attached hydrogens (tertiary/aromatic N) is 1. The Kier molecular flexibility index (Phi) is 8.00. The Bertz CT molecular complexity index is 1550. The Morgan fingerprint density at radius 2 is 1.92 bits per heavy atom. The van der Waals surface area contributed by atoms with Gasteiger partial charge in [0.1, 0.15) is 11.5 Å². The van der Waals surface area contributed by atoms with Gasteiger partial charge in [-0.1, -0.05) is 41.4 Å². The number of aromatic amines is 2. The number of sulfonamides is 1. The smallest absolute Gasteiger partial charge is 0.268 e. The topological polar surface area (TPSA) is 140 Å². The molecule has 4 aromatic rings. The van der Waals surface area contributed by atoms with Gasteiger partial charge in [0.25, 0.3) is 5.91 Å². The van der Waals surface area contributed by atoms with Crippen molar-refractivity contribution in [2.24, 2.45) is 0 Å². The molecule has 0 saturated heterocycles. The van der Waals surface area contributed by atoms with Crippen LogP contribution in [0, 0.1) is 5.82 Å². The number of aromatic nitrogens is 3. The maximum absolute atomic E-state index is 13.5. The van der Waals surface area contributed by atoms with Gasteiger partial charge >= 0.3 is 0 Å². The zero-order valence-electron chi connectivity index (χ0n) is 19.3. The first kappa shape index (κ1) is 26.8. The molecule has 2 heterocycles. The molecular formula is C24H22Cl2FN5O4S. The van der Waals surface area contributed by atoms with Crippen LogP contribution in [-0.4, -0.2) is 47.5 Å². The number of hydrogen-bond donors (Lipinski definition) is 5. The lowest BCUT2D eigenvalue weighted by molar-refractivity contribution is 0.0911. The summed E-state index contributed by atoms with van der Waals surface area (Å²) in [6, 6.07) is 9.99. The Balaban J connectivity index is 1.53. The van der Waals surface area contributed by atoms with Crippen molar-refractivity contribution in [1.29, 1.82) is 0 Å². The number of aliphatic hydroxyl groups is 1. The van der Waals surface area contributed by atoms with Crippen molar-refractivity contribution in [3.05, 3.63) is 87.5 Å². The van der Waals surface area contributed by atoms with Gasteiger partial charge in [0.15, 0.2) is 0 Å². The quantitative estimate of drug-likeness (QED) is 0.208. The van der Waals surface area contributed by atoms with Gasteiger partial charge in [0.05, 0.1) is 35.8 Å². The summed E-state index contributed by atoms with van der Waals surface area (Å²) in [4.78, 5) is 15.7. The van der Waals surface area contributed by atoms with Gasteiger partial charge in [-0.05, 0) is 41.0 Å². The highest BCUT2D eigenvalue weighted by Gasteiger charge is 2.19. The van der Waals surface area contributed by atoms with Crippen molar-refractivity contribution in [3.63, 3.8) is 0 Å². The molecule has 0 aliphatic rings. The van der Waals surface area contributed by atoms with Crippen LogP contribution < -0.4 is 10.0 Å². The standard InChI is InChI=1S/C24H22Cl2FN5O4S/c1-37(35,36)30-10-15-3-2-13(6-18(15)25)17-11-29-32-23(17)16-8-21(28-9-16)24(34)31-22(12-33)14-4-5-20(27)19(26)7-14/h2-9,11,22,28,30,33H,10,12H2,1H3,(H,29,32)(H,31,34). The van der Waals surface area contributed by atoms with E-state index in [4.69, 9.17) is 23.2 Å². The molecule has 0 fully saturated rings. The van der Waals surface area contributed by atoms with Crippen LogP contribution in [0.5, 0.6) is 0 Å². The van der Waals surface area contributed by atoms with Crippen molar-refractivity contribution in [2.75, 3.05) is 12.9 Å². The van der Waals surface area contributed by atoms with Gasteiger partial charge in [0, 0.05) is 28.9 Å². The Labute approximate surface area is 222 Å². The lowest BCUT2D eigenvalue weighted by atomic mass is 10.0. The fourth-order valence-corrected chi connectivity index (χ4v) is 4.52. The van der Waals surface area contributed by atoms with Crippen LogP contribution in [0.25, 0.3) is 22.4 Å². The Hall–Kier alpha value is -3.22. The summed E-state index contributed by atoms with van der Waals surface area (Å²) in [5.74, 6) is -1.09. The molecule has 2 aromatic carbocycles. The van der Waals surface area contributed by atoms with Gasteiger partial charge in [-0.25, -0.2) is 17.5 Å². The van der Waals surface area contributed by atoms with Crippen molar-refractivity contribution in [3.8, 4) is 22.4 Å². The third-order valence-corrected chi connectivity index (χ3v) is 6.89. The molecule has 0 bridgehead atoms. The van der Waals surface area contributed by atoms with Crippen molar-refractivity contribution >= 4 is 39.1 Å². The second-order valence-electron chi connectivity index (χ2n) is 8.24. The van der Waals surface area contributed by atoms with E-state index in [1.54, 1.807) is 36.7 Å². The molecule has 37 heavy (non-hydrogen) atoms. The molecule has 0 saturated carbocycles. The third-order valence-electron chi connectivity index (χ3n) is 5.58. The largest absolute Gasteiger partial charge is 0.394 e. The first-order chi connectivity index (χ1) is 17.6. The van der Waals surface area contributed by atoms with E-state index in [1.807, 2.05) is 0 Å². The molecule has 4 rings (SSSR count). The monoisotopic (exact) mass is 565 g/mol. The van der Waals surface area contributed by atoms with E-state index < -0.39 is 34.4 Å². The molecule has 1 amide bonds. The number of aliphatic hydroxyl groups excluding tert-OH is 1. The maximum atomic E-state index is 13.5. The summed E-state index contributed by atoms with van der Waals surface area (Å²) in [6.45, 7) is -0.353. The number of H-pyrrole nitrogens is 2. The summed E-state index contributed by atoms with van der Waals surface area (Å²) in [6.07, 6.45) is 4.31. The highest BCUT2D eigenvalue weighted by atomic mass is 35.5. The number of rotatable bonds is 9. The van der Waals surface area contributed by atoms with Crippen LogP contribution in [0.3, 0.4) is 0 Å². The average molecular weight is 566 g/mol. The number of halogens is 3. The second kappa shape index (κ2) is 11.0. The summed E-state index contributed by atoms with van der Waals surface area (Å²) in [5, 5.41) is 19.7. The molecule has 1 unspecified atom stereocenters. The van der Waals surface area contributed by atoms with E-state index in [0.29, 0.717) is 33.0 Å². The summed E-state index contributed by atoms with van der Waals surface area (Å²) < 4.78 is 38.6. The predicted octanol–water partition coefficient (Wildman–Crippen LogP) is 4.03. The lowest BCUT2D eigenvalue weighted by Gasteiger charge is -2.16. The maximum Gasteiger partial charge on any atom is 0.268 e. The van der Waals surface area contributed by atoms with Crippen molar-refractivity contribution < 1.29 is 22.7 Å². The molecule has 9 nitrogen and oxygen atoms in total. The van der Waals surface area contributed by atoms with Crippen LogP contribution in [0.1, 0.15) is 27.7 Å². The van der Waals surface area contributed by atoms with Gasteiger partial charge in [-0.15, -0.1) is 0 Å². The Morgan fingerprint density at radius 3 is 2.59 bits per heavy atom. The molecule has 2 aromatic heterocycles. The normalized spacial score (nSPS) is 12.5. The molecule has 0 radical (unpaired) electrons. The summed E-state index contributed by atoms with van der Waals surface area (Å²) in [5.41, 5.74) is 4.00. The van der Waals surface area contributed by atoms with Crippen molar-refractivity contribution in [1.82, 2.24) is 25.2 Å². The van der Waals surface area contributed by atoms with Crippen LogP contribution in [-0.2, 0) is 16.6 Å². The Morgan fingerprint density at radius 1 is 1.14 bits per heavy atom. The SMILES string of the molecule is CS(=O)(=O)NCc1ccc(-c2cn[nH]c2-c2c[nH]c(C(=O)NC(CO)c3ccc(F)c(Cl)c3)c2)cc1Cl. The summed E-state index contributed by atoms with van der Waals surface area (Å²) >= 11 is 12.2. The molecule has 0 spiro atoms. The zero-order valence-corrected chi connectivity index (χ0v) is 21.7. The van der Waals surface area contributed by atoms with Crippen LogP contribution in [0.2, 0.25) is 10.0 Å². The minimum atomic E-state index is -3.36. The summed E-state index contributed by atoms with van der Waals surface area (Å²) in [7, 11) is -3.36. The van der Waals surface area contributed by atoms with Crippen LogP contribution >= 0.6 is 23.2 Å². The molecule has 0 aliphatic carbocycles. The molecule has 194 valence electrons. The fraction of sp³-hybridized carbons (Fsp3) is 0.167. The van der Waals surface area contributed by atoms with E-state index in [0.717, 1.165) is 11.8 Å². The number of hydrogen-bond acceptors (Lipinski definition) is 5. The van der Waals surface area contributed by atoms with Crippen molar-refractivity contribution in [2.45, 2.75) is 12.6 Å². The first-order valence-electron chi connectivity index (χ1n) is 10.9. The average Bonchev–Trinajstić information content (AvgIpc) is 3.52. The zero-order chi connectivity index (χ0) is 26.7. The van der Waals surface area contributed by atoms with E-state index in [1.165, 1.54) is 18.2 Å². The first-order valence-corrected chi connectivity index (χ1v) is 13.5. The predicted molar refractivity (Wildman–Crippen MR) is 139 cm³/mol. The minimum Gasteiger partial charge on any atom is -0.394 e. The van der Waals surface area contributed by atoms with E-state index >= 15 is 0 Å². The van der Waals surface area contributed by atoms with E-state index in [2.05, 4.69) is 25.2 Å². The van der Waals surface area contributed by atoms with E-state index in [-0.39, 0.29) is 17.3 Å². The third kappa shape index (κ3) is 6.38. The number of nitrogens with one attached hydrogen (secondary N) is 4. The molecule has 13 heteroatoms. The van der Waals surface area contributed by atoms with Gasteiger partial charge in [-0.2, -0.15) is 5.10 Å². The minimum absolute atomic E-state index is 0.0609. The van der Waals surface area contributed by atoms with Crippen LogP contribution in [0.4, 0.5) is 4.39 Å². The van der Waals surface area contributed by atoms with E-state index in [9.17, 15) is 22.7 Å². The van der Waals surface area contributed by atoms with Crippen LogP contribution in [0.15, 0.2) is 54.9 Å². The number of benzene rings is 2. The second-order valence-corrected chi connectivity index (χ2v) is 10.9. The van der Waals surface area contributed by atoms with Gasteiger partial charge in [0.2, 0.25) is 10.0 Å². The number of amides is 1. The molecular weight excluding hydrogens is 544 g/mol. The molecule has 5 N–H and O–H groups in total. The van der Waals surface area contributed by atoms with Gasteiger partial charge in [-0.3, -0.25) is 9.89 Å². The number of carbonyl (C=O) groups is 1. The molecule has 0 aliphatic heterocycles. The fourth-order valence-electron chi connectivity index (χ4n) is 3.66. The number of carbonyl (C=O) groups excluding carboxylic acids is 1.